The van der Waals surface area contributed by atoms with Gasteiger partial charge in [-0.25, -0.2) is 0 Å². The van der Waals surface area contributed by atoms with Crippen LogP contribution in [0, 0.1) is 0 Å². The molecule has 0 spiro atoms. The number of rotatable bonds is 5. The topological polar surface area (TPSA) is 47.6 Å². The van der Waals surface area contributed by atoms with Gasteiger partial charge in [0.15, 0.2) is 22.9 Å². The van der Waals surface area contributed by atoms with E-state index in [2.05, 4.69) is 10.1 Å². The van der Waals surface area contributed by atoms with Crippen LogP contribution in [-0.2, 0) is 4.79 Å². The third-order valence-corrected chi connectivity index (χ3v) is 2.42. The summed E-state index contributed by atoms with van der Waals surface area (Å²) in [7, 11) is 1.26. The second-order valence-electron chi connectivity index (χ2n) is 3.56. The largest absolute Gasteiger partial charge is 0.493 e. The molecular formula is C11H10Cl2F3NO3. The number of methoxy groups -OCH3 is 1. The van der Waals surface area contributed by atoms with Gasteiger partial charge in [0, 0.05) is 11.8 Å². The van der Waals surface area contributed by atoms with E-state index < -0.39 is 23.5 Å². The highest BCUT2D eigenvalue weighted by Gasteiger charge is 2.29. The Morgan fingerprint density at radius 2 is 2.00 bits per heavy atom. The molecule has 0 aromatic heterocycles. The van der Waals surface area contributed by atoms with Crippen molar-refractivity contribution in [2.24, 2.45) is 0 Å². The normalized spacial score (nSPS) is 11.3. The van der Waals surface area contributed by atoms with Gasteiger partial charge in [-0.05, 0) is 12.1 Å². The molecule has 0 radical (unpaired) electrons. The average molecular weight is 332 g/mol. The Bertz CT molecular complexity index is 480. The number of benzene rings is 1. The van der Waals surface area contributed by atoms with E-state index in [-0.39, 0.29) is 17.2 Å². The zero-order valence-electron chi connectivity index (χ0n) is 10.1. The van der Waals surface area contributed by atoms with Crippen LogP contribution in [-0.4, -0.2) is 30.6 Å². The van der Waals surface area contributed by atoms with Crippen LogP contribution in [0.4, 0.5) is 18.9 Å². The number of hydrogen-bond donors (Lipinski definition) is 1. The zero-order valence-corrected chi connectivity index (χ0v) is 11.6. The lowest BCUT2D eigenvalue weighted by atomic mass is 10.2. The number of hydrogen-bond acceptors (Lipinski definition) is 3. The number of carbonyl (C=O) groups is 1. The summed E-state index contributed by atoms with van der Waals surface area (Å²) in [6, 6.07) is 3.86. The number of amides is 1. The van der Waals surface area contributed by atoms with E-state index in [9.17, 15) is 18.0 Å². The highest BCUT2D eigenvalue weighted by molar-refractivity contribution is 6.54. The van der Waals surface area contributed by atoms with Crippen LogP contribution in [0.2, 0.25) is 0 Å². The third kappa shape index (κ3) is 5.34. The maximum atomic E-state index is 12.1. The number of carbonyl (C=O) groups excluding carboxylic acids is 1. The van der Waals surface area contributed by atoms with Crippen LogP contribution in [0.25, 0.3) is 0 Å². The SMILES string of the molecule is COc1cc(NC(=O)C(Cl)Cl)ccc1OCC(F)(F)F. The molecule has 0 atom stereocenters. The summed E-state index contributed by atoms with van der Waals surface area (Å²) in [4.78, 5) is 10.00. The van der Waals surface area contributed by atoms with E-state index in [1.54, 1.807) is 0 Å². The van der Waals surface area contributed by atoms with Gasteiger partial charge in [0.1, 0.15) is 0 Å². The highest BCUT2D eigenvalue weighted by Crippen LogP contribution is 2.31. The van der Waals surface area contributed by atoms with Crippen LogP contribution < -0.4 is 14.8 Å². The Kier molecular flexibility index (Phi) is 5.76. The smallest absolute Gasteiger partial charge is 0.422 e. The first-order valence-electron chi connectivity index (χ1n) is 5.19. The highest BCUT2D eigenvalue weighted by atomic mass is 35.5. The molecule has 0 saturated heterocycles. The molecule has 1 amide bonds. The predicted octanol–water partition coefficient (Wildman–Crippen LogP) is 3.38. The number of alkyl halides is 5. The second kappa shape index (κ2) is 6.90. The molecule has 112 valence electrons. The Hall–Kier alpha value is -1.34. The first-order valence-corrected chi connectivity index (χ1v) is 6.07. The summed E-state index contributed by atoms with van der Waals surface area (Å²) in [5.41, 5.74) is 0.262. The summed E-state index contributed by atoms with van der Waals surface area (Å²) in [6.45, 7) is -1.44. The van der Waals surface area contributed by atoms with E-state index in [0.717, 1.165) is 0 Å². The van der Waals surface area contributed by atoms with Gasteiger partial charge in [-0.3, -0.25) is 4.79 Å². The van der Waals surface area contributed by atoms with Crippen molar-refractivity contribution in [3.8, 4) is 11.5 Å². The molecule has 0 fully saturated rings. The molecule has 1 aromatic rings. The van der Waals surface area contributed by atoms with E-state index in [1.165, 1.54) is 25.3 Å². The van der Waals surface area contributed by atoms with Crippen molar-refractivity contribution < 1.29 is 27.4 Å². The quantitative estimate of drug-likeness (QED) is 0.841. The van der Waals surface area contributed by atoms with Crippen LogP contribution >= 0.6 is 23.2 Å². The molecule has 0 aliphatic heterocycles. The Labute approximate surface area is 122 Å². The van der Waals surface area contributed by atoms with Gasteiger partial charge in [-0.2, -0.15) is 13.2 Å². The summed E-state index contributed by atoms with van der Waals surface area (Å²) < 4.78 is 45.7. The van der Waals surface area contributed by atoms with Gasteiger partial charge in [0.05, 0.1) is 7.11 Å². The molecule has 0 saturated carbocycles. The van der Waals surface area contributed by atoms with E-state index in [1.807, 2.05) is 0 Å². The molecule has 0 unspecified atom stereocenters. The van der Waals surface area contributed by atoms with Gasteiger partial charge in [0.2, 0.25) is 0 Å². The minimum absolute atomic E-state index is 0.0349. The molecule has 0 aliphatic carbocycles. The Balaban J connectivity index is 2.82. The molecule has 0 aliphatic rings. The van der Waals surface area contributed by atoms with E-state index in [4.69, 9.17) is 27.9 Å². The van der Waals surface area contributed by atoms with E-state index in [0.29, 0.717) is 0 Å². The molecule has 1 N–H and O–H groups in total. The minimum atomic E-state index is -4.46. The van der Waals surface area contributed by atoms with Gasteiger partial charge in [-0.1, -0.05) is 23.2 Å². The number of ether oxygens (including phenoxy) is 2. The summed E-state index contributed by atoms with van der Waals surface area (Å²) in [5.74, 6) is -0.733. The molecule has 0 bridgehead atoms. The molecular weight excluding hydrogens is 322 g/mol. The lowest BCUT2D eigenvalue weighted by molar-refractivity contribution is -0.153. The number of halogens is 5. The summed E-state index contributed by atoms with van der Waals surface area (Å²) in [6.07, 6.45) is -4.46. The Morgan fingerprint density at radius 3 is 2.50 bits per heavy atom. The fourth-order valence-corrected chi connectivity index (χ4v) is 1.33. The van der Waals surface area contributed by atoms with Crippen molar-refractivity contribution >= 4 is 34.8 Å². The standard InChI is InChI=1S/C11H10Cl2F3NO3/c1-19-8-4-6(17-10(18)9(12)13)2-3-7(8)20-5-11(14,15)16/h2-4,9H,5H2,1H3,(H,17,18). The van der Waals surface area contributed by atoms with Gasteiger partial charge >= 0.3 is 6.18 Å². The number of anilines is 1. The summed E-state index contributed by atoms with van der Waals surface area (Å²) in [5, 5.41) is 2.36. The van der Waals surface area contributed by atoms with Crippen LogP contribution in [0.3, 0.4) is 0 Å². The minimum Gasteiger partial charge on any atom is -0.493 e. The fraction of sp³-hybridized carbons (Fsp3) is 0.364. The monoisotopic (exact) mass is 331 g/mol. The first-order chi connectivity index (χ1) is 9.23. The lowest BCUT2D eigenvalue weighted by Crippen LogP contribution is -2.20. The van der Waals surface area contributed by atoms with Crippen LogP contribution in [0.5, 0.6) is 11.5 Å². The molecule has 1 rings (SSSR count). The molecule has 20 heavy (non-hydrogen) atoms. The van der Waals surface area contributed by atoms with Crippen molar-refractivity contribution in [3.05, 3.63) is 18.2 Å². The average Bonchev–Trinajstić information content (AvgIpc) is 2.35. The van der Waals surface area contributed by atoms with Gasteiger partial charge in [-0.15, -0.1) is 0 Å². The second-order valence-corrected chi connectivity index (χ2v) is 4.66. The van der Waals surface area contributed by atoms with Crippen molar-refractivity contribution in [1.29, 1.82) is 0 Å². The summed E-state index contributed by atoms with van der Waals surface area (Å²) >= 11 is 10.7. The van der Waals surface area contributed by atoms with Crippen molar-refractivity contribution in [1.82, 2.24) is 0 Å². The molecule has 9 heteroatoms. The van der Waals surface area contributed by atoms with Crippen LogP contribution in [0.1, 0.15) is 0 Å². The third-order valence-electron chi connectivity index (χ3n) is 2.02. The van der Waals surface area contributed by atoms with Crippen molar-refractivity contribution in [2.75, 3.05) is 19.0 Å². The Morgan fingerprint density at radius 1 is 1.35 bits per heavy atom. The van der Waals surface area contributed by atoms with Crippen LogP contribution in [0.15, 0.2) is 18.2 Å². The zero-order chi connectivity index (χ0) is 15.3. The lowest BCUT2D eigenvalue weighted by Gasteiger charge is -2.14. The predicted molar refractivity (Wildman–Crippen MR) is 68.7 cm³/mol. The van der Waals surface area contributed by atoms with Gasteiger partial charge in [0.25, 0.3) is 5.91 Å². The number of nitrogens with one attached hydrogen (secondary N) is 1. The van der Waals surface area contributed by atoms with Gasteiger partial charge < -0.3 is 14.8 Å². The molecule has 4 nitrogen and oxygen atoms in total. The first kappa shape index (κ1) is 16.7. The molecule has 0 heterocycles. The maximum absolute atomic E-state index is 12.1. The van der Waals surface area contributed by atoms with Crippen molar-refractivity contribution in [3.63, 3.8) is 0 Å². The van der Waals surface area contributed by atoms with E-state index >= 15 is 0 Å². The van der Waals surface area contributed by atoms with Crippen molar-refractivity contribution in [2.45, 2.75) is 11.0 Å². The maximum Gasteiger partial charge on any atom is 0.422 e. The molecule has 1 aromatic carbocycles. The fourth-order valence-electron chi connectivity index (χ4n) is 1.22.